The van der Waals surface area contributed by atoms with E-state index in [4.69, 9.17) is 0 Å². The second kappa shape index (κ2) is 6.05. The van der Waals surface area contributed by atoms with E-state index in [9.17, 15) is 19.1 Å². The molecule has 0 fully saturated rings. The molecular weight excluding hydrogens is 341 g/mol. The average Bonchev–Trinajstić information content (AvgIpc) is 2.41. The van der Waals surface area contributed by atoms with Crippen molar-refractivity contribution in [2.45, 2.75) is 6.92 Å². The van der Waals surface area contributed by atoms with Gasteiger partial charge in [-0.15, -0.1) is 0 Å². The lowest BCUT2D eigenvalue weighted by Gasteiger charge is -2.11. The maximum absolute atomic E-state index is 13.9. The predicted octanol–water partition coefficient (Wildman–Crippen LogP) is 3.85. The fourth-order valence-corrected chi connectivity index (χ4v) is 2.29. The van der Waals surface area contributed by atoms with Crippen LogP contribution in [-0.2, 0) is 0 Å². The van der Waals surface area contributed by atoms with Crippen LogP contribution < -0.4 is 5.32 Å². The molecule has 0 saturated carbocycles. The van der Waals surface area contributed by atoms with E-state index in [1.807, 2.05) is 0 Å². The number of carbonyl (C=O) groups is 2. The Bertz CT molecular complexity index is 731. The molecule has 1 amide bonds. The van der Waals surface area contributed by atoms with Gasteiger partial charge in [0.1, 0.15) is 5.82 Å². The van der Waals surface area contributed by atoms with E-state index in [0.29, 0.717) is 5.56 Å². The van der Waals surface area contributed by atoms with Crippen LogP contribution in [0.2, 0.25) is 0 Å². The Balaban J connectivity index is 2.39. The molecule has 2 N–H and O–H groups in total. The van der Waals surface area contributed by atoms with Crippen molar-refractivity contribution in [1.82, 2.24) is 0 Å². The van der Waals surface area contributed by atoms with Gasteiger partial charge in [-0.25, -0.2) is 9.18 Å². The summed E-state index contributed by atoms with van der Waals surface area (Å²) >= 11 is 3.00. The Kier molecular flexibility index (Phi) is 4.37. The number of aryl methyl sites for hydroxylation is 1. The van der Waals surface area contributed by atoms with Gasteiger partial charge in [0.15, 0.2) is 0 Å². The SMILES string of the molecule is Cc1cccc(NC(=O)c2cccc(Br)c2F)c1C(=O)O. The minimum absolute atomic E-state index is 0.0127. The molecule has 0 aliphatic carbocycles. The molecule has 2 aromatic rings. The molecule has 0 spiro atoms. The Morgan fingerprint density at radius 2 is 1.86 bits per heavy atom. The molecule has 0 aliphatic rings. The molecule has 108 valence electrons. The Hall–Kier alpha value is -2.21. The molecule has 4 nitrogen and oxygen atoms in total. The van der Waals surface area contributed by atoms with Crippen LogP contribution in [0.4, 0.5) is 10.1 Å². The number of carbonyl (C=O) groups excluding carboxylic acids is 1. The van der Waals surface area contributed by atoms with Crippen LogP contribution in [0.15, 0.2) is 40.9 Å². The number of hydrogen-bond acceptors (Lipinski definition) is 2. The van der Waals surface area contributed by atoms with Crippen molar-refractivity contribution in [2.24, 2.45) is 0 Å². The summed E-state index contributed by atoms with van der Waals surface area (Å²) in [5.41, 5.74) is 0.463. The van der Waals surface area contributed by atoms with Crippen LogP contribution in [0.25, 0.3) is 0 Å². The molecule has 0 aromatic heterocycles. The van der Waals surface area contributed by atoms with Gasteiger partial charge in [-0.3, -0.25) is 4.79 Å². The first-order valence-electron chi connectivity index (χ1n) is 6.00. The van der Waals surface area contributed by atoms with Crippen LogP contribution in [-0.4, -0.2) is 17.0 Å². The molecule has 0 unspecified atom stereocenters. The zero-order chi connectivity index (χ0) is 15.6. The monoisotopic (exact) mass is 351 g/mol. The molecular formula is C15H11BrFNO3. The Labute approximate surface area is 128 Å². The van der Waals surface area contributed by atoms with Gasteiger partial charge in [0.25, 0.3) is 5.91 Å². The van der Waals surface area contributed by atoms with Crippen molar-refractivity contribution in [3.05, 3.63) is 63.4 Å². The predicted molar refractivity (Wildman–Crippen MR) is 80.2 cm³/mol. The normalized spacial score (nSPS) is 10.2. The average molecular weight is 352 g/mol. The van der Waals surface area contributed by atoms with E-state index in [0.717, 1.165) is 0 Å². The van der Waals surface area contributed by atoms with Gasteiger partial charge < -0.3 is 10.4 Å². The lowest BCUT2D eigenvalue weighted by Crippen LogP contribution is -2.17. The number of halogens is 2. The highest BCUT2D eigenvalue weighted by Gasteiger charge is 2.18. The van der Waals surface area contributed by atoms with E-state index in [2.05, 4.69) is 21.2 Å². The van der Waals surface area contributed by atoms with Crippen LogP contribution in [0.5, 0.6) is 0 Å². The van der Waals surface area contributed by atoms with E-state index in [-0.39, 0.29) is 21.3 Å². The molecule has 0 atom stereocenters. The number of hydrogen-bond donors (Lipinski definition) is 2. The van der Waals surface area contributed by atoms with Crippen molar-refractivity contribution in [3.8, 4) is 0 Å². The number of carboxylic acid groups (broad SMARTS) is 1. The second-order valence-electron chi connectivity index (χ2n) is 4.36. The summed E-state index contributed by atoms with van der Waals surface area (Å²) in [5.74, 6) is -2.56. The molecule has 0 aliphatic heterocycles. The third-order valence-corrected chi connectivity index (χ3v) is 3.54. The lowest BCUT2D eigenvalue weighted by atomic mass is 10.1. The first-order chi connectivity index (χ1) is 9.91. The summed E-state index contributed by atoms with van der Waals surface area (Å²) in [6.45, 7) is 1.62. The summed E-state index contributed by atoms with van der Waals surface area (Å²) in [5, 5.41) is 11.6. The fraction of sp³-hybridized carbons (Fsp3) is 0.0667. The van der Waals surface area contributed by atoms with Crippen LogP contribution in [0.3, 0.4) is 0 Å². The first kappa shape index (κ1) is 15.2. The van der Waals surface area contributed by atoms with Gasteiger partial charge in [0, 0.05) is 0 Å². The topological polar surface area (TPSA) is 66.4 Å². The van der Waals surface area contributed by atoms with E-state index in [1.165, 1.54) is 24.3 Å². The van der Waals surface area contributed by atoms with Crippen LogP contribution in [0.1, 0.15) is 26.3 Å². The van der Waals surface area contributed by atoms with E-state index < -0.39 is 17.7 Å². The molecule has 0 radical (unpaired) electrons. The number of nitrogens with one attached hydrogen (secondary N) is 1. The standard InChI is InChI=1S/C15H11BrFNO3/c1-8-4-2-7-11(12(8)15(20)21)18-14(19)9-5-3-6-10(16)13(9)17/h2-7H,1H3,(H,18,19)(H,20,21). The third-order valence-electron chi connectivity index (χ3n) is 2.93. The highest BCUT2D eigenvalue weighted by Crippen LogP contribution is 2.23. The van der Waals surface area contributed by atoms with E-state index in [1.54, 1.807) is 19.1 Å². The summed E-state index contributed by atoms with van der Waals surface area (Å²) in [7, 11) is 0. The number of rotatable bonds is 3. The van der Waals surface area contributed by atoms with Crippen LogP contribution in [0, 0.1) is 12.7 Å². The smallest absolute Gasteiger partial charge is 0.338 e. The van der Waals surface area contributed by atoms with Crippen molar-refractivity contribution < 1.29 is 19.1 Å². The molecule has 0 saturated heterocycles. The molecule has 0 heterocycles. The maximum Gasteiger partial charge on any atom is 0.338 e. The van der Waals surface area contributed by atoms with Gasteiger partial charge in [-0.05, 0) is 46.6 Å². The number of aromatic carboxylic acids is 1. The number of carboxylic acids is 1. The van der Waals surface area contributed by atoms with Gasteiger partial charge in [0.05, 0.1) is 21.3 Å². The number of amides is 1. The summed E-state index contributed by atoms with van der Waals surface area (Å²) in [6, 6.07) is 9.03. The largest absolute Gasteiger partial charge is 0.478 e. The minimum atomic E-state index is -1.15. The summed E-state index contributed by atoms with van der Waals surface area (Å²) in [6.07, 6.45) is 0. The summed E-state index contributed by atoms with van der Waals surface area (Å²) < 4.78 is 14.0. The van der Waals surface area contributed by atoms with Crippen LogP contribution >= 0.6 is 15.9 Å². The highest BCUT2D eigenvalue weighted by molar-refractivity contribution is 9.10. The fourth-order valence-electron chi connectivity index (χ4n) is 1.92. The van der Waals surface area contributed by atoms with Gasteiger partial charge in [-0.1, -0.05) is 18.2 Å². The maximum atomic E-state index is 13.9. The van der Waals surface area contributed by atoms with Crippen molar-refractivity contribution in [1.29, 1.82) is 0 Å². The molecule has 2 aromatic carbocycles. The third kappa shape index (κ3) is 3.11. The molecule has 0 bridgehead atoms. The second-order valence-corrected chi connectivity index (χ2v) is 5.21. The zero-order valence-electron chi connectivity index (χ0n) is 11.0. The highest BCUT2D eigenvalue weighted by atomic mass is 79.9. The Morgan fingerprint density at radius 1 is 1.19 bits per heavy atom. The van der Waals surface area contributed by atoms with Crippen molar-refractivity contribution >= 4 is 33.5 Å². The quantitative estimate of drug-likeness (QED) is 0.882. The van der Waals surface area contributed by atoms with Gasteiger partial charge in [0.2, 0.25) is 0 Å². The van der Waals surface area contributed by atoms with Crippen molar-refractivity contribution in [2.75, 3.05) is 5.32 Å². The first-order valence-corrected chi connectivity index (χ1v) is 6.79. The van der Waals surface area contributed by atoms with Gasteiger partial charge in [-0.2, -0.15) is 0 Å². The summed E-state index contributed by atoms with van der Waals surface area (Å²) in [4.78, 5) is 23.4. The zero-order valence-corrected chi connectivity index (χ0v) is 12.6. The molecule has 6 heteroatoms. The van der Waals surface area contributed by atoms with Gasteiger partial charge >= 0.3 is 5.97 Å². The van der Waals surface area contributed by atoms with Crippen molar-refractivity contribution in [3.63, 3.8) is 0 Å². The Morgan fingerprint density at radius 3 is 2.52 bits per heavy atom. The van der Waals surface area contributed by atoms with E-state index >= 15 is 0 Å². The number of benzene rings is 2. The molecule has 2 rings (SSSR count). The number of anilines is 1. The molecule has 21 heavy (non-hydrogen) atoms. The minimum Gasteiger partial charge on any atom is -0.478 e. The lowest BCUT2D eigenvalue weighted by molar-refractivity contribution is 0.0697.